The van der Waals surface area contributed by atoms with E-state index in [1.807, 2.05) is 19.1 Å². The molecule has 26 heavy (non-hydrogen) atoms. The first-order chi connectivity index (χ1) is 12.4. The van der Waals surface area contributed by atoms with Crippen molar-refractivity contribution in [2.45, 2.75) is 59.0 Å². The molecule has 1 aromatic carbocycles. The predicted octanol–water partition coefficient (Wildman–Crippen LogP) is 4.01. The summed E-state index contributed by atoms with van der Waals surface area (Å²) < 4.78 is 11.3. The van der Waals surface area contributed by atoms with Gasteiger partial charge in [-0.05, 0) is 70.3 Å². The van der Waals surface area contributed by atoms with E-state index in [4.69, 9.17) is 9.47 Å². The van der Waals surface area contributed by atoms with Gasteiger partial charge in [-0.15, -0.1) is 0 Å². The Bertz CT molecular complexity index is 570. The highest BCUT2D eigenvalue weighted by Gasteiger charge is 2.20. The van der Waals surface area contributed by atoms with E-state index in [0.717, 1.165) is 18.8 Å². The highest BCUT2D eigenvalue weighted by Crippen LogP contribution is 2.17. The molecule has 2 rings (SSSR count). The van der Waals surface area contributed by atoms with Crippen LogP contribution in [0.25, 0.3) is 0 Å². The lowest BCUT2D eigenvalue weighted by molar-refractivity contribution is 0.0677. The number of aryl methyl sites for hydroxylation is 2. The van der Waals surface area contributed by atoms with Crippen LogP contribution in [-0.2, 0) is 4.74 Å². The monoisotopic (exact) mass is 362 g/mol. The molecule has 2 atom stereocenters. The van der Waals surface area contributed by atoms with Gasteiger partial charge in [0, 0.05) is 19.6 Å². The van der Waals surface area contributed by atoms with Gasteiger partial charge in [-0.2, -0.15) is 0 Å². The number of benzene rings is 1. The molecule has 1 amide bonds. The molecule has 1 aromatic rings. The molecule has 0 bridgehead atoms. The van der Waals surface area contributed by atoms with E-state index >= 15 is 0 Å². The van der Waals surface area contributed by atoms with Gasteiger partial charge in [0.15, 0.2) is 0 Å². The second-order valence-corrected chi connectivity index (χ2v) is 7.59. The zero-order valence-corrected chi connectivity index (χ0v) is 17.0. The van der Waals surface area contributed by atoms with Crippen LogP contribution in [0.1, 0.15) is 44.2 Å². The molecule has 5 heteroatoms. The number of carbonyl (C=O) groups excluding carboxylic acids is 1. The third-order valence-corrected chi connectivity index (χ3v) is 5.18. The summed E-state index contributed by atoms with van der Waals surface area (Å²) in [4.78, 5) is 16.3. The topological polar surface area (TPSA) is 42.0 Å². The molecule has 0 radical (unpaired) electrons. The van der Waals surface area contributed by atoms with Gasteiger partial charge in [-0.3, -0.25) is 4.90 Å². The minimum atomic E-state index is -0.286. The second-order valence-electron chi connectivity index (χ2n) is 7.59. The molecule has 0 aromatic heterocycles. The molecule has 1 saturated heterocycles. The van der Waals surface area contributed by atoms with Crippen molar-refractivity contribution in [2.75, 3.05) is 33.4 Å². The summed E-state index contributed by atoms with van der Waals surface area (Å²) >= 11 is 0. The third-order valence-electron chi connectivity index (χ3n) is 5.18. The largest absolute Gasteiger partial charge is 0.491 e. The maximum atomic E-state index is 12.3. The van der Waals surface area contributed by atoms with E-state index in [1.54, 1.807) is 11.9 Å². The van der Waals surface area contributed by atoms with E-state index in [0.29, 0.717) is 19.3 Å². The Kier molecular flexibility index (Phi) is 7.76. The van der Waals surface area contributed by atoms with Crippen LogP contribution in [0.2, 0.25) is 0 Å². The van der Waals surface area contributed by atoms with Crippen molar-refractivity contribution in [2.24, 2.45) is 0 Å². The van der Waals surface area contributed by atoms with E-state index in [-0.39, 0.29) is 12.1 Å². The SMILES string of the molecule is Cc1cc(C)cc(OCC(C)N(C)C(=O)OCCN2CCCCC2C)c1. The molecular formula is C21H34N2O3. The van der Waals surface area contributed by atoms with Crippen LogP contribution < -0.4 is 4.74 Å². The van der Waals surface area contributed by atoms with Gasteiger partial charge in [0.25, 0.3) is 0 Å². The van der Waals surface area contributed by atoms with Crippen LogP contribution in [0.5, 0.6) is 5.75 Å². The number of likely N-dealkylation sites (N-methyl/N-ethyl adjacent to an activating group) is 1. The maximum absolute atomic E-state index is 12.3. The molecule has 1 fully saturated rings. The molecule has 5 nitrogen and oxygen atoms in total. The van der Waals surface area contributed by atoms with E-state index in [1.165, 1.54) is 30.4 Å². The number of nitrogens with zero attached hydrogens (tertiary/aromatic N) is 2. The molecular weight excluding hydrogens is 328 g/mol. The Morgan fingerprint density at radius 2 is 1.96 bits per heavy atom. The first-order valence-electron chi connectivity index (χ1n) is 9.71. The minimum absolute atomic E-state index is 0.0581. The van der Waals surface area contributed by atoms with Gasteiger partial charge in [-0.25, -0.2) is 4.79 Å². The Labute approximate surface area is 158 Å². The molecule has 0 spiro atoms. The van der Waals surface area contributed by atoms with Crippen molar-refractivity contribution in [3.8, 4) is 5.75 Å². The van der Waals surface area contributed by atoms with Crippen molar-refractivity contribution in [3.05, 3.63) is 29.3 Å². The van der Waals surface area contributed by atoms with E-state index < -0.39 is 0 Å². The van der Waals surface area contributed by atoms with Gasteiger partial charge in [0.1, 0.15) is 19.0 Å². The number of piperidine rings is 1. The number of rotatable bonds is 7. The summed E-state index contributed by atoms with van der Waals surface area (Å²) in [6, 6.07) is 6.67. The molecule has 1 heterocycles. The van der Waals surface area contributed by atoms with Gasteiger partial charge in [0.2, 0.25) is 0 Å². The molecule has 0 aliphatic carbocycles. The van der Waals surface area contributed by atoms with Gasteiger partial charge >= 0.3 is 6.09 Å². The normalized spacial score (nSPS) is 19.0. The first-order valence-corrected chi connectivity index (χ1v) is 9.71. The Morgan fingerprint density at radius 3 is 2.62 bits per heavy atom. The van der Waals surface area contributed by atoms with E-state index in [9.17, 15) is 4.79 Å². The minimum Gasteiger partial charge on any atom is -0.491 e. The Balaban J connectivity index is 1.72. The third kappa shape index (κ3) is 6.20. The Hall–Kier alpha value is -1.75. The van der Waals surface area contributed by atoms with Crippen LogP contribution >= 0.6 is 0 Å². The van der Waals surface area contributed by atoms with E-state index in [2.05, 4.69) is 31.7 Å². The molecule has 146 valence electrons. The number of ether oxygens (including phenoxy) is 2. The van der Waals surface area contributed by atoms with Crippen LogP contribution in [0.3, 0.4) is 0 Å². The number of hydrogen-bond donors (Lipinski definition) is 0. The summed E-state index contributed by atoms with van der Waals surface area (Å²) in [5.41, 5.74) is 2.35. The fourth-order valence-electron chi connectivity index (χ4n) is 3.37. The summed E-state index contributed by atoms with van der Waals surface area (Å²) in [6.45, 7) is 11.1. The lowest BCUT2D eigenvalue weighted by Gasteiger charge is -2.33. The standard InChI is InChI=1S/C21H34N2O3/c1-16-12-17(2)14-20(13-16)26-15-19(4)22(5)21(24)25-11-10-23-9-7-6-8-18(23)3/h12-14,18-19H,6-11,15H2,1-5H3. The molecule has 1 aliphatic heterocycles. The van der Waals surface area contributed by atoms with Crippen LogP contribution in [0.4, 0.5) is 4.79 Å². The Morgan fingerprint density at radius 1 is 1.27 bits per heavy atom. The zero-order chi connectivity index (χ0) is 19.1. The zero-order valence-electron chi connectivity index (χ0n) is 17.0. The summed E-state index contributed by atoms with van der Waals surface area (Å²) in [6.07, 6.45) is 3.50. The van der Waals surface area contributed by atoms with Crippen molar-refractivity contribution >= 4 is 6.09 Å². The fraction of sp³-hybridized carbons (Fsp3) is 0.667. The fourth-order valence-corrected chi connectivity index (χ4v) is 3.37. The smallest absolute Gasteiger partial charge is 0.409 e. The van der Waals surface area contributed by atoms with Crippen molar-refractivity contribution < 1.29 is 14.3 Å². The van der Waals surface area contributed by atoms with Gasteiger partial charge in [0.05, 0.1) is 6.04 Å². The maximum Gasteiger partial charge on any atom is 0.409 e. The van der Waals surface area contributed by atoms with Crippen LogP contribution in [0, 0.1) is 13.8 Å². The summed E-state index contributed by atoms with van der Waals surface area (Å²) in [5.74, 6) is 0.843. The van der Waals surface area contributed by atoms with Gasteiger partial charge < -0.3 is 14.4 Å². The molecule has 0 N–H and O–H groups in total. The van der Waals surface area contributed by atoms with Crippen LogP contribution in [-0.4, -0.2) is 61.3 Å². The second kappa shape index (κ2) is 9.81. The highest BCUT2D eigenvalue weighted by atomic mass is 16.6. The van der Waals surface area contributed by atoms with Crippen LogP contribution in [0.15, 0.2) is 18.2 Å². The van der Waals surface area contributed by atoms with Gasteiger partial charge in [-0.1, -0.05) is 12.5 Å². The van der Waals surface area contributed by atoms with Crippen molar-refractivity contribution in [3.63, 3.8) is 0 Å². The quantitative estimate of drug-likeness (QED) is 0.735. The lowest BCUT2D eigenvalue weighted by atomic mass is 10.0. The van der Waals surface area contributed by atoms with Crippen molar-refractivity contribution in [1.82, 2.24) is 9.80 Å². The summed E-state index contributed by atoms with van der Waals surface area (Å²) in [7, 11) is 1.77. The number of amides is 1. The number of hydrogen-bond acceptors (Lipinski definition) is 4. The lowest BCUT2D eigenvalue weighted by Crippen LogP contribution is -2.42. The van der Waals surface area contributed by atoms with Crippen molar-refractivity contribution in [1.29, 1.82) is 0 Å². The molecule has 1 aliphatic rings. The molecule has 0 saturated carbocycles. The summed E-state index contributed by atoms with van der Waals surface area (Å²) in [5, 5.41) is 0. The number of carbonyl (C=O) groups is 1. The first kappa shape index (κ1) is 20.6. The average Bonchev–Trinajstić information content (AvgIpc) is 2.59. The average molecular weight is 363 g/mol. The predicted molar refractivity (Wildman–Crippen MR) is 105 cm³/mol. The molecule has 2 unspecified atom stereocenters. The number of likely N-dealkylation sites (tertiary alicyclic amines) is 1. The highest BCUT2D eigenvalue weighted by molar-refractivity contribution is 5.67.